The molecule has 0 amide bonds. The van der Waals surface area contributed by atoms with Gasteiger partial charge in [0.15, 0.2) is 23.1 Å². The number of fused-ring (bicyclic) bond motifs is 1. The molecule has 0 spiro atoms. The zero-order valence-corrected chi connectivity index (χ0v) is 22.0. The smallest absolute Gasteiger partial charge is 0.459 e. The Morgan fingerprint density at radius 3 is 2.71 bits per heavy atom. The predicted octanol–water partition coefficient (Wildman–Crippen LogP) is 2.24. The third kappa shape index (κ3) is 5.79. The van der Waals surface area contributed by atoms with E-state index >= 15 is 4.39 Å². The van der Waals surface area contributed by atoms with Crippen LogP contribution in [0.2, 0.25) is 0 Å². The van der Waals surface area contributed by atoms with Crippen LogP contribution in [0, 0.1) is 0 Å². The molecule has 1 aromatic carbocycles. The summed E-state index contributed by atoms with van der Waals surface area (Å²) in [6.07, 6.45) is -2.61. The normalized spacial score (nSPS) is 25.8. The van der Waals surface area contributed by atoms with Crippen molar-refractivity contribution >= 4 is 24.9 Å². The third-order valence-electron chi connectivity index (χ3n) is 5.78. The number of hydrogen-bond donors (Lipinski definition) is 3. The Labute approximate surface area is 216 Å². The molecule has 0 radical (unpaired) electrons. The van der Waals surface area contributed by atoms with Crippen LogP contribution in [-0.2, 0) is 23.4 Å². The van der Waals surface area contributed by atoms with Crippen molar-refractivity contribution in [1.29, 1.82) is 0 Å². The van der Waals surface area contributed by atoms with E-state index < -0.39 is 62.1 Å². The van der Waals surface area contributed by atoms with Crippen LogP contribution in [0.4, 0.5) is 4.39 Å². The summed E-state index contributed by atoms with van der Waals surface area (Å²) in [6.45, 7) is 5.28. The summed E-state index contributed by atoms with van der Waals surface area (Å²) in [5, 5.41) is 13.3. The monoisotopic (exact) mass is 553 g/mol. The van der Waals surface area contributed by atoms with Crippen molar-refractivity contribution in [3.05, 3.63) is 53.3 Å². The number of rotatable bonds is 10. The molecule has 2 aromatic heterocycles. The average Bonchev–Trinajstić information content (AvgIpc) is 3.43. The second-order valence-electron chi connectivity index (χ2n) is 9.22. The lowest BCUT2D eigenvalue weighted by Crippen LogP contribution is -2.41. The maximum absolute atomic E-state index is 15.8. The fourth-order valence-electron chi connectivity index (χ4n) is 3.90. The minimum atomic E-state index is -4.29. The van der Waals surface area contributed by atoms with E-state index in [-0.39, 0.29) is 16.9 Å². The number of para-hydroxylation sites is 1. The first-order valence-electron chi connectivity index (χ1n) is 11.8. The number of aliphatic hydroxyl groups is 1. The molecule has 1 fully saturated rings. The molecule has 3 aromatic rings. The first kappa shape index (κ1) is 27.9. The summed E-state index contributed by atoms with van der Waals surface area (Å²) in [7, 11) is -4.29. The van der Waals surface area contributed by atoms with Crippen molar-refractivity contribution < 1.29 is 37.4 Å². The van der Waals surface area contributed by atoms with Crippen LogP contribution < -0.4 is 15.2 Å². The van der Waals surface area contributed by atoms with E-state index in [4.69, 9.17) is 18.5 Å². The largest absolute Gasteiger partial charge is 0.462 e. The van der Waals surface area contributed by atoms with Gasteiger partial charge in [-0.3, -0.25) is 18.7 Å². The predicted molar refractivity (Wildman–Crippen MR) is 132 cm³/mol. The van der Waals surface area contributed by atoms with Crippen LogP contribution in [0.5, 0.6) is 5.75 Å². The number of benzene rings is 1. The number of halogens is 1. The van der Waals surface area contributed by atoms with Crippen LogP contribution in [-0.4, -0.2) is 67.2 Å². The van der Waals surface area contributed by atoms with Crippen LogP contribution in [0.15, 0.2) is 47.8 Å². The lowest BCUT2D eigenvalue weighted by atomic mass is 9.98. The van der Waals surface area contributed by atoms with Gasteiger partial charge in [-0.1, -0.05) is 18.2 Å². The van der Waals surface area contributed by atoms with Gasteiger partial charge in [0, 0.05) is 0 Å². The van der Waals surface area contributed by atoms with E-state index in [1.165, 1.54) is 30.0 Å². The molecule has 3 N–H and O–H groups in total. The Hall–Kier alpha value is -3.16. The molecule has 4 rings (SSSR count). The molecule has 1 aliphatic rings. The van der Waals surface area contributed by atoms with E-state index in [0.717, 1.165) is 13.3 Å². The van der Waals surface area contributed by atoms with Crippen molar-refractivity contribution in [3.63, 3.8) is 0 Å². The maximum Gasteiger partial charge on any atom is 0.459 e. The highest BCUT2D eigenvalue weighted by Gasteiger charge is 2.56. The number of nitrogens with zero attached hydrogens (tertiary/aromatic N) is 3. The molecule has 38 heavy (non-hydrogen) atoms. The van der Waals surface area contributed by atoms with Gasteiger partial charge in [0.1, 0.15) is 30.3 Å². The van der Waals surface area contributed by atoms with E-state index in [9.17, 15) is 19.3 Å². The molecule has 0 saturated carbocycles. The van der Waals surface area contributed by atoms with Crippen LogP contribution in [0.1, 0.15) is 33.9 Å². The van der Waals surface area contributed by atoms with Gasteiger partial charge in [-0.15, -0.1) is 0 Å². The number of imidazole rings is 1. The first-order valence-corrected chi connectivity index (χ1v) is 13.4. The molecule has 0 bridgehead atoms. The summed E-state index contributed by atoms with van der Waals surface area (Å²) in [6, 6.07) is 6.98. The summed E-state index contributed by atoms with van der Waals surface area (Å²) in [5.41, 5.74) is -2.87. The summed E-state index contributed by atoms with van der Waals surface area (Å²) in [5.74, 6) is -0.517. The first-order chi connectivity index (χ1) is 17.9. The molecular formula is C23H29FN5O8P. The van der Waals surface area contributed by atoms with Gasteiger partial charge in [0.2, 0.25) is 0 Å². The fraction of sp³-hybridized carbons (Fsp3) is 0.478. The number of carbonyl (C=O) groups is 1. The van der Waals surface area contributed by atoms with Crippen molar-refractivity contribution in [1.82, 2.24) is 24.6 Å². The number of H-pyrrole nitrogens is 1. The minimum Gasteiger partial charge on any atom is -0.462 e. The standard InChI is InChI=1S/C23H29FN5O8P/c1-13(2)35-21(32)14(3)28-38(33,37-15-8-6-5-7-9-15)34-10-16-18(30)23(4,24)22(36-16)29-12-27-20(31)17-19(29)26-11-25-17/h5-9,11-14,16,18,22,30H,10H2,1-4H3,(H,25,26)(H,28,33)/t14-,16+,18+,22+,23+,38?/m0/s1. The topological polar surface area (TPSA) is 167 Å². The van der Waals surface area contributed by atoms with Gasteiger partial charge in [0.25, 0.3) is 5.56 Å². The quantitative estimate of drug-likeness (QED) is 0.249. The highest BCUT2D eigenvalue weighted by Crippen LogP contribution is 2.47. The highest BCUT2D eigenvalue weighted by molar-refractivity contribution is 7.52. The second-order valence-corrected chi connectivity index (χ2v) is 10.9. The Bertz CT molecular complexity index is 1380. The van der Waals surface area contributed by atoms with Crippen molar-refractivity contribution in [3.8, 4) is 5.75 Å². The SMILES string of the molecule is CC(C)OC(=O)[C@H](C)NP(=O)(OC[C@H]1O[C@@H](n2cnc(=O)c3[nH]cnc32)[C@](C)(F)[C@@H]1O)Oc1ccccc1. The summed E-state index contributed by atoms with van der Waals surface area (Å²) >= 11 is 0. The molecule has 1 saturated heterocycles. The summed E-state index contributed by atoms with van der Waals surface area (Å²) in [4.78, 5) is 34.7. The molecule has 1 aliphatic heterocycles. The number of aliphatic hydroxyl groups excluding tert-OH is 1. The van der Waals surface area contributed by atoms with Gasteiger partial charge in [-0.2, -0.15) is 10.1 Å². The average molecular weight is 553 g/mol. The molecule has 0 aliphatic carbocycles. The number of ether oxygens (including phenoxy) is 2. The van der Waals surface area contributed by atoms with Crippen LogP contribution in [0.25, 0.3) is 11.2 Å². The Balaban J connectivity index is 1.55. The number of carbonyl (C=O) groups excluding carboxylic acids is 1. The molecule has 1 unspecified atom stereocenters. The van der Waals surface area contributed by atoms with E-state index in [2.05, 4.69) is 20.0 Å². The third-order valence-corrected chi connectivity index (χ3v) is 7.43. The van der Waals surface area contributed by atoms with Crippen molar-refractivity contribution in [2.24, 2.45) is 0 Å². The maximum atomic E-state index is 15.8. The van der Waals surface area contributed by atoms with Crippen LogP contribution in [0.3, 0.4) is 0 Å². The van der Waals surface area contributed by atoms with Gasteiger partial charge in [-0.25, -0.2) is 13.9 Å². The van der Waals surface area contributed by atoms with Gasteiger partial charge in [-0.05, 0) is 39.8 Å². The van der Waals surface area contributed by atoms with E-state index in [1.807, 2.05) is 0 Å². The molecule has 3 heterocycles. The van der Waals surface area contributed by atoms with E-state index in [1.54, 1.807) is 32.0 Å². The summed E-state index contributed by atoms with van der Waals surface area (Å²) < 4.78 is 52.7. The Morgan fingerprint density at radius 1 is 1.32 bits per heavy atom. The molecule has 6 atom stereocenters. The Morgan fingerprint density at radius 2 is 2.03 bits per heavy atom. The van der Waals surface area contributed by atoms with Gasteiger partial charge < -0.3 is 24.1 Å². The van der Waals surface area contributed by atoms with Crippen molar-refractivity contribution in [2.45, 2.75) is 63.9 Å². The second kappa shape index (κ2) is 10.9. The number of hydrogen-bond acceptors (Lipinski definition) is 10. The number of alkyl halides is 1. The molecular weight excluding hydrogens is 524 g/mol. The number of esters is 1. The number of aromatic nitrogens is 4. The number of aromatic amines is 1. The molecule has 206 valence electrons. The lowest BCUT2D eigenvalue weighted by Gasteiger charge is -2.25. The fourth-order valence-corrected chi connectivity index (χ4v) is 5.40. The number of nitrogens with one attached hydrogen (secondary N) is 2. The Kier molecular flexibility index (Phi) is 8.00. The van der Waals surface area contributed by atoms with Crippen molar-refractivity contribution in [2.75, 3.05) is 6.61 Å². The molecule has 15 heteroatoms. The minimum absolute atomic E-state index is 0.0355. The van der Waals surface area contributed by atoms with Gasteiger partial charge >= 0.3 is 13.7 Å². The van der Waals surface area contributed by atoms with Gasteiger partial charge in [0.05, 0.1) is 19.0 Å². The molecule has 13 nitrogen and oxygen atoms in total. The zero-order chi connectivity index (χ0) is 27.7. The zero-order valence-electron chi connectivity index (χ0n) is 21.1. The van der Waals surface area contributed by atoms with Crippen LogP contribution >= 0.6 is 7.75 Å². The van der Waals surface area contributed by atoms with E-state index in [0.29, 0.717) is 0 Å². The lowest BCUT2D eigenvalue weighted by molar-refractivity contribution is -0.149. The highest BCUT2D eigenvalue weighted by atomic mass is 31.2.